The lowest BCUT2D eigenvalue weighted by Crippen LogP contribution is -2.42. The fourth-order valence-corrected chi connectivity index (χ4v) is 4.31. The maximum atomic E-state index is 13.5. The molecule has 0 saturated carbocycles. The van der Waals surface area contributed by atoms with E-state index < -0.39 is 0 Å². The van der Waals surface area contributed by atoms with E-state index in [2.05, 4.69) is 5.32 Å². The minimum atomic E-state index is -0.308. The first-order valence-corrected chi connectivity index (χ1v) is 12.3. The van der Waals surface area contributed by atoms with Gasteiger partial charge in [-0.3, -0.25) is 9.59 Å². The lowest BCUT2D eigenvalue weighted by Gasteiger charge is -2.26. The maximum Gasteiger partial charge on any atom is 0.254 e. The fourth-order valence-electron chi connectivity index (χ4n) is 4.31. The van der Waals surface area contributed by atoms with E-state index in [9.17, 15) is 9.59 Å². The molecule has 37 heavy (non-hydrogen) atoms. The highest BCUT2D eigenvalue weighted by atomic mass is 16.5. The quantitative estimate of drug-likeness (QED) is 0.342. The van der Waals surface area contributed by atoms with Crippen molar-refractivity contribution in [2.45, 2.75) is 33.7 Å². The summed E-state index contributed by atoms with van der Waals surface area (Å²) >= 11 is 0. The van der Waals surface area contributed by atoms with Crippen molar-refractivity contribution in [3.05, 3.63) is 95.7 Å². The van der Waals surface area contributed by atoms with Gasteiger partial charge in [0.05, 0.1) is 18.5 Å². The summed E-state index contributed by atoms with van der Waals surface area (Å²) < 4.78 is 7.04. The van der Waals surface area contributed by atoms with Gasteiger partial charge < -0.3 is 15.0 Å². The number of anilines is 1. The van der Waals surface area contributed by atoms with Crippen LogP contribution in [0.1, 0.15) is 35.5 Å². The standard InChI is InChI=1S/C30H32N4O3/c1-20(2)33(30(36)24-15-11-16-25(18-24)37-5)19-27(35)31-29-28(23-13-7-6-8-14-23)22(4)32-34(29)26-17-10-9-12-21(26)3/h6-18,20H,19H2,1-5H3,(H,31,35). The molecule has 0 saturated heterocycles. The van der Waals surface area contributed by atoms with E-state index in [-0.39, 0.29) is 24.4 Å². The molecule has 7 heteroatoms. The summed E-state index contributed by atoms with van der Waals surface area (Å²) in [5.41, 5.74) is 4.94. The molecule has 7 nitrogen and oxygen atoms in total. The molecule has 1 aromatic heterocycles. The van der Waals surface area contributed by atoms with Crippen LogP contribution in [0.15, 0.2) is 78.9 Å². The van der Waals surface area contributed by atoms with Crippen LogP contribution < -0.4 is 10.1 Å². The van der Waals surface area contributed by atoms with Gasteiger partial charge >= 0.3 is 0 Å². The zero-order chi connectivity index (χ0) is 26.5. The number of nitrogens with one attached hydrogen (secondary N) is 1. The average molecular weight is 497 g/mol. The van der Waals surface area contributed by atoms with Crippen molar-refractivity contribution in [1.82, 2.24) is 14.7 Å². The Morgan fingerprint density at radius 2 is 1.68 bits per heavy atom. The minimum Gasteiger partial charge on any atom is -0.497 e. The van der Waals surface area contributed by atoms with Crippen LogP contribution in [0.2, 0.25) is 0 Å². The monoisotopic (exact) mass is 496 g/mol. The number of hydrogen-bond donors (Lipinski definition) is 1. The Labute approximate surface area is 217 Å². The van der Waals surface area contributed by atoms with Crippen molar-refractivity contribution >= 4 is 17.6 Å². The fraction of sp³-hybridized carbons (Fsp3) is 0.233. The Bertz CT molecular complexity index is 1410. The number of aryl methyl sites for hydroxylation is 2. The predicted octanol–water partition coefficient (Wildman–Crippen LogP) is 5.65. The van der Waals surface area contributed by atoms with E-state index in [4.69, 9.17) is 9.84 Å². The lowest BCUT2D eigenvalue weighted by atomic mass is 10.1. The molecule has 0 spiro atoms. The van der Waals surface area contributed by atoms with E-state index in [0.29, 0.717) is 17.1 Å². The van der Waals surface area contributed by atoms with Gasteiger partial charge in [-0.2, -0.15) is 5.10 Å². The second-order valence-electron chi connectivity index (χ2n) is 9.18. The molecule has 4 aromatic rings. The number of aromatic nitrogens is 2. The third kappa shape index (κ3) is 5.56. The van der Waals surface area contributed by atoms with E-state index >= 15 is 0 Å². The summed E-state index contributed by atoms with van der Waals surface area (Å²) in [7, 11) is 1.56. The van der Waals surface area contributed by atoms with Gasteiger partial charge in [-0.25, -0.2) is 4.68 Å². The van der Waals surface area contributed by atoms with Gasteiger partial charge in [0.25, 0.3) is 5.91 Å². The molecule has 0 bridgehead atoms. The van der Waals surface area contributed by atoms with Crippen LogP contribution in [0.25, 0.3) is 16.8 Å². The van der Waals surface area contributed by atoms with Crippen LogP contribution in [0, 0.1) is 13.8 Å². The second kappa shape index (κ2) is 11.1. The van der Waals surface area contributed by atoms with Crippen molar-refractivity contribution in [1.29, 1.82) is 0 Å². The number of carbonyl (C=O) groups is 2. The van der Waals surface area contributed by atoms with Gasteiger partial charge in [-0.1, -0.05) is 54.6 Å². The van der Waals surface area contributed by atoms with Gasteiger partial charge in [0.1, 0.15) is 18.1 Å². The topological polar surface area (TPSA) is 76.5 Å². The van der Waals surface area contributed by atoms with Crippen LogP contribution in [0.3, 0.4) is 0 Å². The predicted molar refractivity (Wildman–Crippen MR) is 146 cm³/mol. The number of rotatable bonds is 8. The summed E-state index contributed by atoms with van der Waals surface area (Å²) in [6.45, 7) is 7.61. The summed E-state index contributed by atoms with van der Waals surface area (Å²) in [6, 6.07) is 24.5. The molecule has 190 valence electrons. The number of ether oxygens (including phenoxy) is 1. The molecule has 3 aromatic carbocycles. The van der Waals surface area contributed by atoms with E-state index in [1.807, 2.05) is 82.3 Å². The third-order valence-electron chi connectivity index (χ3n) is 6.24. The third-order valence-corrected chi connectivity index (χ3v) is 6.24. The summed E-state index contributed by atoms with van der Waals surface area (Å²) in [5, 5.41) is 7.88. The zero-order valence-electron chi connectivity index (χ0n) is 21.9. The van der Waals surface area contributed by atoms with Crippen LogP contribution in [0.5, 0.6) is 5.75 Å². The summed E-state index contributed by atoms with van der Waals surface area (Å²) in [4.78, 5) is 28.4. The Morgan fingerprint density at radius 1 is 0.973 bits per heavy atom. The van der Waals surface area contributed by atoms with Gasteiger partial charge in [0.15, 0.2) is 0 Å². The highest BCUT2D eigenvalue weighted by Crippen LogP contribution is 2.34. The first kappa shape index (κ1) is 25.7. The van der Waals surface area contributed by atoms with Crippen molar-refractivity contribution in [3.63, 3.8) is 0 Å². The van der Waals surface area contributed by atoms with Crippen LogP contribution in [0.4, 0.5) is 5.82 Å². The highest BCUT2D eigenvalue weighted by Gasteiger charge is 2.25. The zero-order valence-corrected chi connectivity index (χ0v) is 21.9. The number of para-hydroxylation sites is 1. The molecule has 0 radical (unpaired) electrons. The van der Waals surface area contributed by atoms with Crippen molar-refractivity contribution in [3.8, 4) is 22.6 Å². The van der Waals surface area contributed by atoms with Crippen molar-refractivity contribution in [2.75, 3.05) is 19.0 Å². The normalized spacial score (nSPS) is 10.9. The second-order valence-corrected chi connectivity index (χ2v) is 9.18. The van der Waals surface area contributed by atoms with E-state index in [1.54, 1.807) is 41.0 Å². The highest BCUT2D eigenvalue weighted by molar-refractivity contribution is 6.01. The largest absolute Gasteiger partial charge is 0.497 e. The molecular formula is C30H32N4O3. The molecule has 0 unspecified atom stereocenters. The van der Waals surface area contributed by atoms with E-state index in [1.165, 1.54) is 0 Å². The molecule has 4 rings (SSSR count). The molecule has 0 fully saturated rings. The van der Waals surface area contributed by atoms with E-state index in [0.717, 1.165) is 28.1 Å². The van der Waals surface area contributed by atoms with Crippen LogP contribution in [-0.4, -0.2) is 46.2 Å². The van der Waals surface area contributed by atoms with Gasteiger partial charge in [0, 0.05) is 17.2 Å². The van der Waals surface area contributed by atoms with Crippen molar-refractivity contribution in [2.24, 2.45) is 0 Å². The van der Waals surface area contributed by atoms with Gasteiger partial charge in [0.2, 0.25) is 5.91 Å². The molecule has 0 aliphatic rings. The Balaban J connectivity index is 1.69. The molecular weight excluding hydrogens is 464 g/mol. The molecule has 0 aliphatic heterocycles. The Kier molecular flexibility index (Phi) is 7.72. The van der Waals surface area contributed by atoms with Crippen LogP contribution in [-0.2, 0) is 4.79 Å². The molecule has 0 atom stereocenters. The number of carbonyl (C=O) groups excluding carboxylic acids is 2. The summed E-state index contributed by atoms with van der Waals surface area (Å²) in [5.74, 6) is 0.609. The minimum absolute atomic E-state index is 0.111. The lowest BCUT2D eigenvalue weighted by molar-refractivity contribution is -0.117. The molecule has 1 N–H and O–H groups in total. The molecule has 1 heterocycles. The first-order valence-electron chi connectivity index (χ1n) is 12.3. The van der Waals surface area contributed by atoms with Crippen molar-refractivity contribution < 1.29 is 14.3 Å². The summed E-state index contributed by atoms with van der Waals surface area (Å²) in [6.07, 6.45) is 0. The van der Waals surface area contributed by atoms with Crippen LogP contribution >= 0.6 is 0 Å². The average Bonchev–Trinajstić information content (AvgIpc) is 3.22. The Morgan fingerprint density at radius 3 is 2.35 bits per heavy atom. The smallest absolute Gasteiger partial charge is 0.254 e. The number of methoxy groups -OCH3 is 1. The van der Waals surface area contributed by atoms with Gasteiger partial charge in [-0.05, 0) is 63.1 Å². The Hall–Kier alpha value is -4.39. The number of hydrogen-bond acceptors (Lipinski definition) is 4. The van der Waals surface area contributed by atoms with Gasteiger partial charge in [-0.15, -0.1) is 0 Å². The number of nitrogens with zero attached hydrogens (tertiary/aromatic N) is 3. The maximum absolute atomic E-state index is 13.5. The molecule has 0 aliphatic carbocycles. The molecule has 2 amide bonds. The number of benzene rings is 3. The number of amides is 2. The first-order chi connectivity index (χ1) is 17.8. The SMILES string of the molecule is COc1cccc(C(=O)N(CC(=O)Nc2c(-c3ccccc3)c(C)nn2-c2ccccc2C)C(C)C)c1.